The number of carbonyl (C=O) groups is 2. The largest absolute Gasteiger partial charge is 0.351 e. The lowest BCUT2D eigenvalue weighted by Crippen LogP contribution is -2.34. The van der Waals surface area contributed by atoms with E-state index in [9.17, 15) is 9.59 Å². The molecule has 0 atom stereocenters. The van der Waals surface area contributed by atoms with Gasteiger partial charge in [0.1, 0.15) is 0 Å². The van der Waals surface area contributed by atoms with Crippen LogP contribution in [0.4, 0.5) is 0 Å². The molecule has 6 heteroatoms. The summed E-state index contributed by atoms with van der Waals surface area (Å²) in [5, 5.41) is 13.5. The third-order valence-electron chi connectivity index (χ3n) is 3.67. The van der Waals surface area contributed by atoms with Crippen LogP contribution in [0.1, 0.15) is 40.6 Å². The smallest absolute Gasteiger partial charge is 0.261 e. The average molecular weight is 355 g/mol. The summed E-state index contributed by atoms with van der Waals surface area (Å²) in [5.41, 5.74) is 1.59. The van der Waals surface area contributed by atoms with E-state index in [1.54, 1.807) is 23.1 Å². The number of rotatable bonds is 8. The normalized spacial score (nSPS) is 10.1. The van der Waals surface area contributed by atoms with E-state index in [2.05, 4.69) is 11.4 Å². The lowest BCUT2D eigenvalue weighted by molar-refractivity contribution is -0.131. The Morgan fingerprint density at radius 2 is 2.00 bits per heavy atom. The summed E-state index contributed by atoms with van der Waals surface area (Å²) >= 11 is 1.38. The van der Waals surface area contributed by atoms with Crippen molar-refractivity contribution in [3.05, 3.63) is 57.8 Å². The molecule has 2 rings (SSSR count). The Kier molecular flexibility index (Phi) is 7.17. The fourth-order valence-corrected chi connectivity index (χ4v) is 3.04. The molecule has 25 heavy (non-hydrogen) atoms. The predicted octanol–water partition coefficient (Wildman–Crippen LogP) is 3.18. The minimum absolute atomic E-state index is 0.0117. The zero-order chi connectivity index (χ0) is 18.1. The number of hydrogen-bond acceptors (Lipinski definition) is 4. The second-order valence-corrected chi connectivity index (χ2v) is 6.55. The number of benzene rings is 1. The lowest BCUT2D eigenvalue weighted by Gasteiger charge is -2.22. The molecule has 2 amide bonds. The molecule has 0 spiro atoms. The topological polar surface area (TPSA) is 73.2 Å². The van der Waals surface area contributed by atoms with Crippen LogP contribution in [0.2, 0.25) is 0 Å². The molecular formula is C19H21N3O2S. The summed E-state index contributed by atoms with van der Waals surface area (Å²) in [6.45, 7) is 3.52. The highest BCUT2D eigenvalue weighted by Crippen LogP contribution is 2.10. The number of nitrogens with zero attached hydrogens (tertiary/aromatic N) is 2. The zero-order valence-electron chi connectivity index (χ0n) is 14.2. The highest BCUT2D eigenvalue weighted by molar-refractivity contribution is 7.12. The molecule has 0 aliphatic carbocycles. The van der Waals surface area contributed by atoms with Crippen LogP contribution in [-0.2, 0) is 11.3 Å². The maximum Gasteiger partial charge on any atom is 0.261 e. The van der Waals surface area contributed by atoms with Gasteiger partial charge in [0, 0.05) is 26.1 Å². The minimum atomic E-state index is -0.142. The predicted molar refractivity (Wildman–Crippen MR) is 98.1 cm³/mol. The van der Waals surface area contributed by atoms with Crippen LogP contribution in [0, 0.1) is 11.3 Å². The Morgan fingerprint density at radius 1 is 1.24 bits per heavy atom. The van der Waals surface area contributed by atoms with Gasteiger partial charge in [0.15, 0.2) is 0 Å². The Hall–Kier alpha value is -2.65. The van der Waals surface area contributed by atoms with Crippen LogP contribution in [0.3, 0.4) is 0 Å². The third kappa shape index (κ3) is 5.73. The number of nitriles is 1. The van der Waals surface area contributed by atoms with Crippen molar-refractivity contribution in [1.82, 2.24) is 10.2 Å². The summed E-state index contributed by atoms with van der Waals surface area (Å²) in [7, 11) is 0. The first kappa shape index (κ1) is 18.7. The Bertz CT molecular complexity index is 733. The van der Waals surface area contributed by atoms with Gasteiger partial charge in [-0.3, -0.25) is 9.59 Å². The first-order chi connectivity index (χ1) is 12.1. The second-order valence-electron chi connectivity index (χ2n) is 5.61. The molecule has 1 N–H and O–H groups in total. The van der Waals surface area contributed by atoms with Crippen molar-refractivity contribution in [1.29, 1.82) is 5.26 Å². The van der Waals surface area contributed by atoms with Gasteiger partial charge in [0.25, 0.3) is 5.91 Å². The highest BCUT2D eigenvalue weighted by Gasteiger charge is 2.14. The van der Waals surface area contributed by atoms with E-state index < -0.39 is 0 Å². The average Bonchev–Trinajstić information content (AvgIpc) is 3.16. The van der Waals surface area contributed by atoms with Crippen molar-refractivity contribution < 1.29 is 9.59 Å². The van der Waals surface area contributed by atoms with Crippen molar-refractivity contribution in [2.75, 3.05) is 13.1 Å². The molecule has 0 radical (unpaired) electrons. The molecule has 0 bridgehead atoms. The van der Waals surface area contributed by atoms with E-state index in [1.807, 2.05) is 30.5 Å². The minimum Gasteiger partial charge on any atom is -0.351 e. The number of thiophene rings is 1. The molecule has 130 valence electrons. The number of carbonyl (C=O) groups excluding carboxylic acids is 2. The van der Waals surface area contributed by atoms with E-state index in [4.69, 9.17) is 5.26 Å². The summed E-state index contributed by atoms with van der Waals surface area (Å²) < 4.78 is 0. The molecule has 0 aliphatic rings. The lowest BCUT2D eigenvalue weighted by atomic mass is 10.1. The van der Waals surface area contributed by atoms with E-state index in [0.29, 0.717) is 30.1 Å². The maximum absolute atomic E-state index is 12.5. The first-order valence-electron chi connectivity index (χ1n) is 8.22. The van der Waals surface area contributed by atoms with E-state index in [-0.39, 0.29) is 18.2 Å². The van der Waals surface area contributed by atoms with Gasteiger partial charge in [-0.2, -0.15) is 5.26 Å². The fraction of sp³-hybridized carbons (Fsp3) is 0.316. The van der Waals surface area contributed by atoms with Crippen molar-refractivity contribution in [2.45, 2.75) is 26.3 Å². The summed E-state index contributed by atoms with van der Waals surface area (Å²) in [4.78, 5) is 26.8. The van der Waals surface area contributed by atoms with Crippen molar-refractivity contribution >= 4 is 23.2 Å². The molecule has 2 aromatic rings. The van der Waals surface area contributed by atoms with Crippen LogP contribution in [0.5, 0.6) is 0 Å². The number of hydrogen-bond donors (Lipinski definition) is 1. The highest BCUT2D eigenvalue weighted by atomic mass is 32.1. The van der Waals surface area contributed by atoms with Crippen LogP contribution in [-0.4, -0.2) is 29.8 Å². The van der Waals surface area contributed by atoms with Crippen LogP contribution in [0.15, 0.2) is 41.8 Å². The van der Waals surface area contributed by atoms with Crippen molar-refractivity contribution in [2.24, 2.45) is 0 Å². The van der Waals surface area contributed by atoms with Gasteiger partial charge in [-0.05, 0) is 35.6 Å². The maximum atomic E-state index is 12.5. The van der Waals surface area contributed by atoms with Gasteiger partial charge in [0.2, 0.25) is 5.91 Å². The molecule has 1 heterocycles. The molecular weight excluding hydrogens is 334 g/mol. The van der Waals surface area contributed by atoms with E-state index >= 15 is 0 Å². The van der Waals surface area contributed by atoms with Gasteiger partial charge < -0.3 is 10.2 Å². The summed E-state index contributed by atoms with van der Waals surface area (Å²) in [6.07, 6.45) is 1.14. The monoisotopic (exact) mass is 355 g/mol. The molecule has 0 fully saturated rings. The summed E-state index contributed by atoms with van der Waals surface area (Å²) in [6, 6.07) is 12.9. The van der Waals surface area contributed by atoms with E-state index in [1.165, 1.54) is 11.3 Å². The number of nitrogens with one attached hydrogen (secondary N) is 1. The Balaban J connectivity index is 1.86. The molecule has 0 unspecified atom stereocenters. The molecule has 1 aromatic carbocycles. The molecule has 5 nitrogen and oxygen atoms in total. The number of amides is 2. The first-order valence-corrected chi connectivity index (χ1v) is 9.10. The SMILES string of the molecule is CCCN(Cc1ccc(C#N)cc1)C(=O)CCNC(=O)c1cccs1. The molecule has 0 saturated heterocycles. The Labute approximate surface area is 151 Å². The zero-order valence-corrected chi connectivity index (χ0v) is 15.0. The van der Waals surface area contributed by atoms with Gasteiger partial charge in [-0.15, -0.1) is 11.3 Å². The molecule has 1 aromatic heterocycles. The molecule has 0 saturated carbocycles. The fourth-order valence-electron chi connectivity index (χ4n) is 2.40. The van der Waals surface area contributed by atoms with Gasteiger partial charge in [-0.1, -0.05) is 25.1 Å². The van der Waals surface area contributed by atoms with Crippen molar-refractivity contribution in [3.8, 4) is 6.07 Å². The van der Waals surface area contributed by atoms with Crippen LogP contribution >= 0.6 is 11.3 Å². The van der Waals surface area contributed by atoms with Crippen molar-refractivity contribution in [3.63, 3.8) is 0 Å². The quantitative estimate of drug-likeness (QED) is 0.790. The standard InChI is InChI=1S/C19H21N3O2S/c1-2-11-22(14-16-7-5-15(13-20)6-8-16)18(23)9-10-21-19(24)17-4-3-12-25-17/h3-8,12H,2,9-11,14H2,1H3,(H,21,24). The van der Waals surface area contributed by atoms with Crippen LogP contribution < -0.4 is 5.32 Å². The van der Waals surface area contributed by atoms with Gasteiger partial charge in [-0.25, -0.2) is 0 Å². The van der Waals surface area contributed by atoms with Gasteiger partial charge in [0.05, 0.1) is 16.5 Å². The molecule has 0 aliphatic heterocycles. The second kappa shape index (κ2) is 9.60. The Morgan fingerprint density at radius 3 is 2.60 bits per heavy atom. The van der Waals surface area contributed by atoms with Gasteiger partial charge >= 0.3 is 0 Å². The third-order valence-corrected chi connectivity index (χ3v) is 4.54. The summed E-state index contributed by atoms with van der Waals surface area (Å²) in [5.74, 6) is -0.130. The van der Waals surface area contributed by atoms with E-state index in [0.717, 1.165) is 12.0 Å². The van der Waals surface area contributed by atoms with Crippen LogP contribution in [0.25, 0.3) is 0 Å².